The number of nitriles is 2. The van der Waals surface area contributed by atoms with Crippen LogP contribution in [0.1, 0.15) is 11.1 Å². The SMILES string of the molecule is N#Cc1ccc2c(c1)c1cc3oc4ccccc4c3cc1n2-c1c(C#N)cccc1-c1cccc(-n2c3ccccc3c3c4oc5ccccc5c4ccc32)c1. The smallest absolute Gasteiger partial charge is 0.145 e. The van der Waals surface area contributed by atoms with E-state index in [0.29, 0.717) is 11.1 Å². The van der Waals surface area contributed by atoms with Gasteiger partial charge in [-0.1, -0.05) is 78.9 Å². The molecule has 4 heterocycles. The topological polar surface area (TPSA) is 83.7 Å². The monoisotopic (exact) mass is 714 g/mol. The zero-order valence-corrected chi connectivity index (χ0v) is 29.6. The van der Waals surface area contributed by atoms with Gasteiger partial charge in [0.15, 0.2) is 0 Å². The third-order valence-electron chi connectivity index (χ3n) is 11.4. The first-order valence-corrected chi connectivity index (χ1v) is 18.5. The fourth-order valence-corrected chi connectivity index (χ4v) is 8.98. The second-order valence-corrected chi connectivity index (χ2v) is 14.3. The average molecular weight is 715 g/mol. The number of para-hydroxylation sites is 4. The lowest BCUT2D eigenvalue weighted by atomic mass is 9.99. The van der Waals surface area contributed by atoms with Crippen molar-refractivity contribution < 1.29 is 8.83 Å². The van der Waals surface area contributed by atoms with Crippen molar-refractivity contribution in [2.24, 2.45) is 0 Å². The number of fused-ring (bicyclic) bond motifs is 13. The molecule has 0 radical (unpaired) electrons. The van der Waals surface area contributed by atoms with E-state index in [1.165, 1.54) is 0 Å². The van der Waals surface area contributed by atoms with Gasteiger partial charge < -0.3 is 18.0 Å². The number of rotatable bonds is 3. The molecule has 0 spiro atoms. The Balaban J connectivity index is 1.14. The van der Waals surface area contributed by atoms with Crippen LogP contribution in [0.3, 0.4) is 0 Å². The molecule has 0 aliphatic heterocycles. The summed E-state index contributed by atoms with van der Waals surface area (Å²) < 4.78 is 17.4. The Labute approximate surface area is 318 Å². The van der Waals surface area contributed by atoms with Crippen molar-refractivity contribution >= 4 is 87.5 Å². The molecule has 0 N–H and O–H groups in total. The molecule has 4 aromatic heterocycles. The second kappa shape index (κ2) is 11.2. The minimum absolute atomic E-state index is 0.539. The molecule has 0 unspecified atom stereocenters. The van der Waals surface area contributed by atoms with Gasteiger partial charge in [-0.25, -0.2) is 0 Å². The first-order chi connectivity index (χ1) is 27.7. The summed E-state index contributed by atoms with van der Waals surface area (Å²) in [6.45, 7) is 0. The van der Waals surface area contributed by atoms with Gasteiger partial charge in [-0.2, -0.15) is 10.5 Å². The molecular weight excluding hydrogens is 689 g/mol. The summed E-state index contributed by atoms with van der Waals surface area (Å²) in [5.74, 6) is 0. The van der Waals surface area contributed by atoms with Crippen molar-refractivity contribution in [1.82, 2.24) is 9.13 Å². The van der Waals surface area contributed by atoms with Crippen LogP contribution in [-0.2, 0) is 0 Å². The van der Waals surface area contributed by atoms with E-state index in [1.807, 2.05) is 60.7 Å². The highest BCUT2D eigenvalue weighted by molar-refractivity contribution is 6.24. The van der Waals surface area contributed by atoms with Gasteiger partial charge in [0.2, 0.25) is 0 Å². The van der Waals surface area contributed by atoms with E-state index in [9.17, 15) is 10.5 Å². The molecule has 0 amide bonds. The maximum atomic E-state index is 10.7. The fourth-order valence-electron chi connectivity index (χ4n) is 8.98. The summed E-state index contributed by atoms with van der Waals surface area (Å²) in [4.78, 5) is 0. The molecule has 0 saturated carbocycles. The van der Waals surface area contributed by atoms with Crippen LogP contribution in [0.25, 0.3) is 110 Å². The Morgan fingerprint density at radius 3 is 1.98 bits per heavy atom. The number of hydrogen-bond donors (Lipinski definition) is 0. The van der Waals surface area contributed by atoms with E-state index in [1.54, 1.807) is 0 Å². The van der Waals surface area contributed by atoms with E-state index in [2.05, 4.69) is 118 Å². The summed E-state index contributed by atoms with van der Waals surface area (Å²) in [5.41, 5.74) is 12.0. The Morgan fingerprint density at radius 1 is 0.429 bits per heavy atom. The zero-order valence-electron chi connectivity index (χ0n) is 29.6. The maximum Gasteiger partial charge on any atom is 0.145 e. The first-order valence-electron chi connectivity index (χ1n) is 18.5. The molecule has 56 heavy (non-hydrogen) atoms. The van der Waals surface area contributed by atoms with Crippen molar-refractivity contribution in [3.05, 3.63) is 169 Å². The third-order valence-corrected chi connectivity index (χ3v) is 11.4. The van der Waals surface area contributed by atoms with Crippen molar-refractivity contribution in [2.75, 3.05) is 0 Å². The summed E-state index contributed by atoms with van der Waals surface area (Å²) in [6.07, 6.45) is 0. The Hall–Kier alpha value is -8.06. The number of aromatic nitrogens is 2. The highest BCUT2D eigenvalue weighted by Gasteiger charge is 2.23. The summed E-state index contributed by atoms with van der Waals surface area (Å²) in [6, 6.07) is 58.4. The first kappa shape index (κ1) is 30.4. The van der Waals surface area contributed by atoms with E-state index in [-0.39, 0.29) is 0 Å². The van der Waals surface area contributed by atoms with Crippen molar-refractivity contribution in [3.63, 3.8) is 0 Å². The molecule has 6 nitrogen and oxygen atoms in total. The van der Waals surface area contributed by atoms with Crippen LogP contribution in [0.15, 0.2) is 167 Å². The molecule has 0 saturated heterocycles. The molecule has 8 aromatic carbocycles. The quantitative estimate of drug-likeness (QED) is 0.182. The zero-order chi connectivity index (χ0) is 37.1. The van der Waals surface area contributed by atoms with Gasteiger partial charge in [0.25, 0.3) is 0 Å². The van der Waals surface area contributed by atoms with Crippen LogP contribution in [0.5, 0.6) is 0 Å². The number of nitrogens with zero attached hydrogens (tertiary/aromatic N) is 4. The Kier molecular flexibility index (Phi) is 6.10. The summed E-state index contributed by atoms with van der Waals surface area (Å²) in [5, 5.41) is 28.9. The molecular formula is C50H26N4O2. The lowest BCUT2D eigenvalue weighted by molar-refractivity contribution is 0.669. The van der Waals surface area contributed by atoms with Gasteiger partial charge in [0.05, 0.1) is 50.3 Å². The second-order valence-electron chi connectivity index (χ2n) is 14.3. The standard InChI is InChI=1S/C50H26N4O2/c51-27-29-19-21-42-38(23-29)39-26-47-40(35-13-3-5-17-45(35)55-47)25-44(39)54(42)49-31(28-52)10-8-15-33(49)30-9-7-11-32(24-30)53-41-16-4-1-14-37(41)48-43(53)22-20-36-34-12-2-6-18-46(34)56-50(36)48/h1-26H. The average Bonchev–Trinajstić information content (AvgIpc) is 3.99. The van der Waals surface area contributed by atoms with Gasteiger partial charge in [-0.3, -0.25) is 0 Å². The summed E-state index contributed by atoms with van der Waals surface area (Å²) >= 11 is 0. The molecule has 12 aromatic rings. The van der Waals surface area contributed by atoms with Crippen molar-refractivity contribution in [3.8, 4) is 34.6 Å². The van der Waals surface area contributed by atoms with Gasteiger partial charge in [0.1, 0.15) is 28.4 Å². The molecule has 0 fully saturated rings. The van der Waals surface area contributed by atoms with Crippen LogP contribution in [0.4, 0.5) is 0 Å². The van der Waals surface area contributed by atoms with Crippen molar-refractivity contribution in [2.45, 2.75) is 0 Å². The van der Waals surface area contributed by atoms with Crippen LogP contribution < -0.4 is 0 Å². The lowest BCUT2D eigenvalue weighted by Gasteiger charge is -2.17. The molecule has 6 heteroatoms. The van der Waals surface area contributed by atoms with Crippen molar-refractivity contribution in [1.29, 1.82) is 10.5 Å². The number of furan rings is 2. The molecule has 0 aliphatic carbocycles. The predicted octanol–water partition coefficient (Wildman–Crippen LogP) is 13.1. The number of benzene rings is 8. The van der Waals surface area contributed by atoms with Crippen LogP contribution in [-0.4, -0.2) is 9.13 Å². The molecule has 12 rings (SSSR count). The Morgan fingerprint density at radius 2 is 1.14 bits per heavy atom. The van der Waals surface area contributed by atoms with Crippen LogP contribution in [0, 0.1) is 22.7 Å². The van der Waals surface area contributed by atoms with Gasteiger partial charge in [0, 0.05) is 49.0 Å². The highest BCUT2D eigenvalue weighted by atomic mass is 16.3. The molecule has 0 aliphatic rings. The summed E-state index contributed by atoms with van der Waals surface area (Å²) in [7, 11) is 0. The lowest BCUT2D eigenvalue weighted by Crippen LogP contribution is -2.01. The van der Waals surface area contributed by atoms with Gasteiger partial charge in [-0.05, 0) is 84.4 Å². The largest absolute Gasteiger partial charge is 0.456 e. The van der Waals surface area contributed by atoms with E-state index < -0.39 is 0 Å². The number of hydrogen-bond acceptors (Lipinski definition) is 4. The third kappa shape index (κ3) is 4.07. The highest BCUT2D eigenvalue weighted by Crippen LogP contribution is 2.44. The normalized spacial score (nSPS) is 11.9. The van der Waals surface area contributed by atoms with E-state index in [0.717, 1.165) is 110 Å². The van der Waals surface area contributed by atoms with E-state index >= 15 is 0 Å². The van der Waals surface area contributed by atoms with Crippen LogP contribution in [0.2, 0.25) is 0 Å². The Bertz CT molecular complexity index is 3750. The van der Waals surface area contributed by atoms with Gasteiger partial charge >= 0.3 is 0 Å². The minimum Gasteiger partial charge on any atom is -0.456 e. The minimum atomic E-state index is 0.539. The fraction of sp³-hybridized carbons (Fsp3) is 0. The molecule has 0 bridgehead atoms. The van der Waals surface area contributed by atoms with E-state index in [4.69, 9.17) is 8.83 Å². The maximum absolute atomic E-state index is 10.7. The van der Waals surface area contributed by atoms with Gasteiger partial charge in [-0.15, -0.1) is 0 Å². The predicted molar refractivity (Wildman–Crippen MR) is 225 cm³/mol. The molecule has 0 atom stereocenters. The van der Waals surface area contributed by atoms with Crippen LogP contribution >= 0.6 is 0 Å². The molecule has 258 valence electrons.